The fraction of sp³-hybridized carbons (Fsp3) is 0.0714. The standard InChI is InChI=1S/C14H12FNO4S2/c1-21-12-4-2-3-5-13(12)22(19,20)16-11-7-6-9(14(17)18)8-10(11)15/h2-8,16H,1H3,(H,17,18). The molecule has 0 aliphatic rings. The van der Waals surface area contributed by atoms with E-state index in [1.165, 1.54) is 17.8 Å². The first-order valence-corrected chi connectivity index (χ1v) is 8.74. The molecule has 0 heterocycles. The van der Waals surface area contributed by atoms with Crippen LogP contribution in [0.1, 0.15) is 10.4 Å². The number of nitrogens with one attached hydrogen (secondary N) is 1. The SMILES string of the molecule is CSc1ccccc1S(=O)(=O)Nc1ccc(C(=O)O)cc1F. The van der Waals surface area contributed by atoms with Gasteiger partial charge in [-0.05, 0) is 36.6 Å². The van der Waals surface area contributed by atoms with Gasteiger partial charge in [-0.3, -0.25) is 4.72 Å². The fourth-order valence-corrected chi connectivity index (χ4v) is 3.99. The number of carboxylic acid groups (broad SMARTS) is 1. The molecule has 0 amide bonds. The number of halogens is 1. The third kappa shape index (κ3) is 3.40. The molecule has 0 atom stereocenters. The van der Waals surface area contributed by atoms with Crippen LogP contribution in [0, 0.1) is 5.82 Å². The van der Waals surface area contributed by atoms with E-state index in [0.717, 1.165) is 18.2 Å². The summed E-state index contributed by atoms with van der Waals surface area (Å²) in [6.07, 6.45) is 1.73. The second-order valence-electron chi connectivity index (χ2n) is 4.26. The molecular weight excluding hydrogens is 329 g/mol. The van der Waals surface area contributed by atoms with Crippen LogP contribution in [0.5, 0.6) is 0 Å². The molecule has 8 heteroatoms. The predicted octanol–water partition coefficient (Wildman–Crippen LogP) is 3.05. The van der Waals surface area contributed by atoms with Crippen molar-refractivity contribution in [2.75, 3.05) is 11.0 Å². The Kier molecular flexibility index (Phi) is 4.72. The van der Waals surface area contributed by atoms with Crippen LogP contribution in [0.25, 0.3) is 0 Å². The lowest BCUT2D eigenvalue weighted by Crippen LogP contribution is -2.15. The number of thioether (sulfide) groups is 1. The maximum atomic E-state index is 13.8. The number of hydrogen-bond donors (Lipinski definition) is 2. The number of sulfonamides is 1. The van der Waals surface area contributed by atoms with Crippen molar-refractivity contribution < 1.29 is 22.7 Å². The molecule has 0 bridgehead atoms. The van der Waals surface area contributed by atoms with E-state index in [9.17, 15) is 17.6 Å². The smallest absolute Gasteiger partial charge is 0.335 e. The summed E-state index contributed by atoms with van der Waals surface area (Å²) < 4.78 is 40.7. The molecule has 0 radical (unpaired) electrons. The number of carbonyl (C=O) groups is 1. The molecule has 5 nitrogen and oxygen atoms in total. The van der Waals surface area contributed by atoms with Gasteiger partial charge >= 0.3 is 5.97 Å². The minimum absolute atomic E-state index is 0.0317. The van der Waals surface area contributed by atoms with E-state index in [1.54, 1.807) is 24.5 Å². The Morgan fingerprint density at radius 1 is 1.23 bits per heavy atom. The average molecular weight is 341 g/mol. The molecule has 0 unspecified atom stereocenters. The van der Waals surface area contributed by atoms with E-state index >= 15 is 0 Å². The van der Waals surface area contributed by atoms with Crippen LogP contribution in [0.15, 0.2) is 52.3 Å². The zero-order chi connectivity index (χ0) is 16.3. The lowest BCUT2D eigenvalue weighted by atomic mass is 10.2. The first-order chi connectivity index (χ1) is 10.3. The minimum atomic E-state index is -3.97. The zero-order valence-corrected chi connectivity index (χ0v) is 13.0. The van der Waals surface area contributed by atoms with Crippen LogP contribution >= 0.6 is 11.8 Å². The lowest BCUT2D eigenvalue weighted by Gasteiger charge is -2.11. The zero-order valence-electron chi connectivity index (χ0n) is 11.4. The second kappa shape index (κ2) is 6.37. The van der Waals surface area contributed by atoms with Crippen molar-refractivity contribution >= 4 is 33.4 Å². The van der Waals surface area contributed by atoms with Gasteiger partial charge in [-0.25, -0.2) is 17.6 Å². The van der Waals surface area contributed by atoms with Crippen molar-refractivity contribution in [3.8, 4) is 0 Å². The summed E-state index contributed by atoms with van der Waals surface area (Å²) in [5.74, 6) is -2.24. The molecule has 0 fully saturated rings. The highest BCUT2D eigenvalue weighted by Gasteiger charge is 2.20. The van der Waals surface area contributed by atoms with Crippen LogP contribution in [0.3, 0.4) is 0 Å². The van der Waals surface area contributed by atoms with Gasteiger partial charge in [-0.15, -0.1) is 11.8 Å². The number of rotatable bonds is 5. The minimum Gasteiger partial charge on any atom is -0.478 e. The van der Waals surface area contributed by atoms with Gasteiger partial charge in [0, 0.05) is 4.90 Å². The third-order valence-electron chi connectivity index (χ3n) is 2.82. The molecule has 116 valence electrons. The van der Waals surface area contributed by atoms with E-state index in [1.807, 2.05) is 0 Å². The van der Waals surface area contributed by atoms with Gasteiger partial charge in [0.25, 0.3) is 10.0 Å². The van der Waals surface area contributed by atoms with Crippen LogP contribution in [0.4, 0.5) is 10.1 Å². The van der Waals surface area contributed by atoms with Gasteiger partial charge in [0.05, 0.1) is 11.3 Å². The van der Waals surface area contributed by atoms with Crippen LogP contribution in [-0.2, 0) is 10.0 Å². The normalized spacial score (nSPS) is 11.2. The van der Waals surface area contributed by atoms with Crippen molar-refractivity contribution in [1.82, 2.24) is 0 Å². The molecule has 0 aromatic heterocycles. The Labute approximate surface area is 131 Å². The number of carboxylic acids is 1. The van der Waals surface area contributed by atoms with Gasteiger partial charge in [0.1, 0.15) is 10.7 Å². The van der Waals surface area contributed by atoms with E-state index < -0.39 is 21.8 Å². The summed E-state index contributed by atoms with van der Waals surface area (Å²) in [5.41, 5.74) is -0.564. The summed E-state index contributed by atoms with van der Waals surface area (Å²) in [7, 11) is -3.97. The molecule has 0 aliphatic heterocycles. The number of benzene rings is 2. The maximum absolute atomic E-state index is 13.8. The first kappa shape index (κ1) is 16.3. The summed E-state index contributed by atoms with van der Waals surface area (Å²) >= 11 is 1.25. The fourth-order valence-electron chi connectivity index (χ4n) is 1.77. The first-order valence-electron chi connectivity index (χ1n) is 6.04. The van der Waals surface area contributed by atoms with Gasteiger partial charge in [0.15, 0.2) is 0 Å². The van der Waals surface area contributed by atoms with E-state index in [-0.39, 0.29) is 16.1 Å². The lowest BCUT2D eigenvalue weighted by molar-refractivity contribution is 0.0696. The Morgan fingerprint density at radius 2 is 1.91 bits per heavy atom. The highest BCUT2D eigenvalue weighted by Crippen LogP contribution is 2.27. The topological polar surface area (TPSA) is 83.5 Å². The molecule has 2 rings (SSSR count). The summed E-state index contributed by atoms with van der Waals surface area (Å²) in [5, 5.41) is 8.77. The van der Waals surface area contributed by atoms with Gasteiger partial charge in [-0.2, -0.15) is 0 Å². The molecular formula is C14H12FNO4S2. The number of aromatic carboxylic acids is 1. The Hall–Kier alpha value is -2.06. The van der Waals surface area contributed by atoms with E-state index in [2.05, 4.69) is 4.72 Å². The van der Waals surface area contributed by atoms with Crippen molar-refractivity contribution in [3.05, 3.63) is 53.8 Å². The quantitative estimate of drug-likeness (QED) is 0.817. The average Bonchev–Trinajstić information content (AvgIpc) is 2.49. The molecule has 22 heavy (non-hydrogen) atoms. The monoisotopic (exact) mass is 341 g/mol. The van der Waals surface area contributed by atoms with Crippen molar-refractivity contribution in [2.45, 2.75) is 9.79 Å². The van der Waals surface area contributed by atoms with Crippen LogP contribution in [-0.4, -0.2) is 25.7 Å². The molecule has 2 aromatic rings. The highest BCUT2D eigenvalue weighted by atomic mass is 32.2. The van der Waals surface area contributed by atoms with E-state index in [4.69, 9.17) is 5.11 Å². The summed E-state index contributed by atoms with van der Waals surface area (Å²) in [6, 6.07) is 9.30. The highest BCUT2D eigenvalue weighted by molar-refractivity contribution is 7.99. The third-order valence-corrected chi connectivity index (χ3v) is 5.17. The number of anilines is 1. The maximum Gasteiger partial charge on any atom is 0.335 e. The largest absolute Gasteiger partial charge is 0.478 e. The molecule has 0 spiro atoms. The van der Waals surface area contributed by atoms with Crippen molar-refractivity contribution in [3.63, 3.8) is 0 Å². The number of hydrogen-bond acceptors (Lipinski definition) is 4. The molecule has 2 N–H and O–H groups in total. The van der Waals surface area contributed by atoms with Crippen molar-refractivity contribution in [2.24, 2.45) is 0 Å². The van der Waals surface area contributed by atoms with Gasteiger partial charge in [-0.1, -0.05) is 12.1 Å². The molecule has 0 aliphatic carbocycles. The summed E-state index contributed by atoms with van der Waals surface area (Å²) in [4.78, 5) is 11.3. The Balaban J connectivity index is 2.39. The Bertz CT molecular complexity index is 821. The Morgan fingerprint density at radius 3 is 2.50 bits per heavy atom. The van der Waals surface area contributed by atoms with Gasteiger partial charge in [0.2, 0.25) is 0 Å². The van der Waals surface area contributed by atoms with Crippen LogP contribution in [0.2, 0.25) is 0 Å². The van der Waals surface area contributed by atoms with Gasteiger partial charge < -0.3 is 5.11 Å². The van der Waals surface area contributed by atoms with E-state index in [0.29, 0.717) is 4.90 Å². The predicted molar refractivity (Wildman–Crippen MR) is 82.4 cm³/mol. The molecule has 2 aromatic carbocycles. The van der Waals surface area contributed by atoms with Crippen LogP contribution < -0.4 is 4.72 Å². The second-order valence-corrected chi connectivity index (χ2v) is 6.76. The molecule has 0 saturated heterocycles. The summed E-state index contributed by atoms with van der Waals surface area (Å²) in [6.45, 7) is 0. The molecule has 0 saturated carbocycles. The van der Waals surface area contributed by atoms with Crippen molar-refractivity contribution in [1.29, 1.82) is 0 Å².